The highest BCUT2D eigenvalue weighted by molar-refractivity contribution is 6.33. The van der Waals surface area contributed by atoms with Crippen molar-refractivity contribution in [2.24, 2.45) is 5.92 Å². The highest BCUT2D eigenvalue weighted by Gasteiger charge is 2.34. The van der Waals surface area contributed by atoms with E-state index in [2.05, 4.69) is 10.1 Å². The first-order valence-electron chi connectivity index (χ1n) is 9.88. The molecule has 3 heterocycles. The van der Waals surface area contributed by atoms with Crippen molar-refractivity contribution >= 4 is 17.6 Å². The van der Waals surface area contributed by atoms with E-state index in [-0.39, 0.29) is 21.8 Å². The fourth-order valence-corrected chi connectivity index (χ4v) is 4.79. The second-order valence-electron chi connectivity index (χ2n) is 7.66. The molecule has 0 unspecified atom stereocenters. The van der Waals surface area contributed by atoms with Gasteiger partial charge in [-0.05, 0) is 57.8 Å². The van der Waals surface area contributed by atoms with Crippen LogP contribution in [-0.2, 0) is 4.74 Å². The Morgan fingerprint density at radius 3 is 2.96 bits per heavy atom. The molecule has 2 aromatic rings. The maximum Gasteiger partial charge on any atom is 0.344 e. The Morgan fingerprint density at radius 1 is 1.32 bits per heavy atom. The molecule has 1 aromatic heterocycles. The van der Waals surface area contributed by atoms with Crippen molar-refractivity contribution in [3.05, 3.63) is 40.4 Å². The van der Waals surface area contributed by atoms with E-state index in [0.717, 1.165) is 32.4 Å². The lowest BCUT2D eigenvalue weighted by molar-refractivity contribution is 0.00733. The summed E-state index contributed by atoms with van der Waals surface area (Å²) < 4.78 is 25.2. The van der Waals surface area contributed by atoms with Crippen LogP contribution in [0.15, 0.2) is 22.7 Å². The number of carbonyl (C=O) groups is 1. The molecular weight excluding hydrogens is 383 g/mol. The predicted molar refractivity (Wildman–Crippen MR) is 104 cm³/mol. The van der Waals surface area contributed by atoms with Gasteiger partial charge in [0.15, 0.2) is 0 Å². The number of ether oxygens (including phenoxy) is 1. The highest BCUT2D eigenvalue weighted by Crippen LogP contribution is 2.35. The maximum absolute atomic E-state index is 14.3. The molecule has 28 heavy (non-hydrogen) atoms. The number of hydrogen-bond acceptors (Lipinski definition) is 5. The van der Waals surface area contributed by atoms with Crippen LogP contribution >= 0.6 is 11.6 Å². The van der Waals surface area contributed by atoms with Crippen LogP contribution < -0.4 is 0 Å². The molecule has 0 radical (unpaired) electrons. The zero-order chi connectivity index (χ0) is 19.7. The lowest BCUT2D eigenvalue weighted by atomic mass is 9.84. The minimum absolute atomic E-state index is 0.0593. The standard InChI is InChI=1S/C21H24ClFN2O3/c1-13-18(20(24-28-13)19-15(22)7-4-8-16(19)23)21(26)27-12-14-6-5-11-25-10-3-2-9-17(14)25/h4,7-8,14,17H,2-3,5-6,9-12H2,1H3/t14-,17-/m1/s1. The van der Waals surface area contributed by atoms with Gasteiger partial charge in [0.2, 0.25) is 0 Å². The number of nitrogens with zero attached hydrogens (tertiary/aromatic N) is 2. The fraction of sp³-hybridized carbons (Fsp3) is 0.524. The maximum atomic E-state index is 14.3. The average molecular weight is 407 g/mol. The summed E-state index contributed by atoms with van der Waals surface area (Å²) in [6.07, 6.45) is 5.82. The largest absolute Gasteiger partial charge is 0.462 e. The lowest BCUT2D eigenvalue weighted by Crippen LogP contribution is -2.49. The molecule has 1 aromatic carbocycles. The van der Waals surface area contributed by atoms with Crippen LogP contribution in [0.25, 0.3) is 11.3 Å². The molecule has 0 saturated carbocycles. The number of rotatable bonds is 4. The van der Waals surface area contributed by atoms with Crippen molar-refractivity contribution in [1.29, 1.82) is 0 Å². The summed E-state index contributed by atoms with van der Waals surface area (Å²) in [5, 5.41) is 4.05. The van der Waals surface area contributed by atoms with E-state index in [1.54, 1.807) is 13.0 Å². The van der Waals surface area contributed by atoms with Crippen molar-refractivity contribution in [3.8, 4) is 11.3 Å². The first kappa shape index (κ1) is 19.4. The SMILES string of the molecule is Cc1onc(-c2c(F)cccc2Cl)c1C(=O)OC[C@H]1CCCN2CCCC[C@H]12. The Morgan fingerprint density at radius 2 is 2.14 bits per heavy atom. The summed E-state index contributed by atoms with van der Waals surface area (Å²) in [7, 11) is 0. The first-order chi connectivity index (χ1) is 13.6. The van der Waals surface area contributed by atoms with E-state index in [0.29, 0.717) is 24.3 Å². The molecule has 0 aliphatic carbocycles. The second-order valence-corrected chi connectivity index (χ2v) is 8.07. The number of esters is 1. The lowest BCUT2D eigenvalue weighted by Gasteiger charge is -2.44. The molecule has 0 bridgehead atoms. The topological polar surface area (TPSA) is 55.6 Å². The Bertz CT molecular complexity index is 847. The van der Waals surface area contributed by atoms with E-state index in [1.807, 2.05) is 0 Å². The van der Waals surface area contributed by atoms with Crippen LogP contribution in [0.3, 0.4) is 0 Å². The number of piperidine rings is 2. The van der Waals surface area contributed by atoms with Crippen molar-refractivity contribution in [1.82, 2.24) is 10.1 Å². The number of hydrogen-bond donors (Lipinski definition) is 0. The van der Waals surface area contributed by atoms with E-state index in [4.69, 9.17) is 20.9 Å². The molecule has 2 fully saturated rings. The van der Waals surface area contributed by atoms with Crippen LogP contribution in [0, 0.1) is 18.7 Å². The van der Waals surface area contributed by atoms with Crippen molar-refractivity contribution < 1.29 is 18.4 Å². The van der Waals surface area contributed by atoms with E-state index < -0.39 is 11.8 Å². The Balaban J connectivity index is 1.52. The van der Waals surface area contributed by atoms with Gasteiger partial charge in [-0.3, -0.25) is 4.90 Å². The van der Waals surface area contributed by atoms with E-state index >= 15 is 0 Å². The summed E-state index contributed by atoms with van der Waals surface area (Å²) in [5.41, 5.74) is 0.293. The number of fused-ring (bicyclic) bond motifs is 1. The summed E-state index contributed by atoms with van der Waals surface area (Å²) >= 11 is 6.15. The number of aromatic nitrogens is 1. The monoisotopic (exact) mass is 406 g/mol. The van der Waals surface area contributed by atoms with Crippen LogP contribution in [-0.4, -0.2) is 41.8 Å². The molecule has 5 nitrogen and oxygen atoms in total. The summed E-state index contributed by atoms with van der Waals surface area (Å²) in [6, 6.07) is 4.82. The zero-order valence-electron chi connectivity index (χ0n) is 15.9. The third kappa shape index (κ3) is 3.67. The molecule has 0 spiro atoms. The van der Waals surface area contributed by atoms with Gasteiger partial charge in [-0.15, -0.1) is 0 Å². The molecule has 2 aliphatic rings. The Hall–Kier alpha value is -1.92. The molecular formula is C21H24ClFN2O3. The van der Waals surface area contributed by atoms with Gasteiger partial charge >= 0.3 is 5.97 Å². The molecule has 0 amide bonds. The zero-order valence-corrected chi connectivity index (χ0v) is 16.7. The smallest absolute Gasteiger partial charge is 0.344 e. The fourth-order valence-electron chi connectivity index (χ4n) is 4.53. The van der Waals surface area contributed by atoms with Crippen molar-refractivity contribution in [2.75, 3.05) is 19.7 Å². The molecule has 4 rings (SSSR count). The summed E-state index contributed by atoms with van der Waals surface area (Å²) in [4.78, 5) is 15.4. The van der Waals surface area contributed by atoms with Gasteiger partial charge in [0.1, 0.15) is 22.8 Å². The normalized spacial score (nSPS) is 22.7. The Kier molecular flexibility index (Phi) is 5.69. The van der Waals surface area contributed by atoms with Gasteiger partial charge in [-0.2, -0.15) is 0 Å². The van der Waals surface area contributed by atoms with E-state index in [1.165, 1.54) is 25.0 Å². The predicted octanol–water partition coefficient (Wildman–Crippen LogP) is 4.86. The highest BCUT2D eigenvalue weighted by atomic mass is 35.5. The molecule has 0 N–H and O–H groups in total. The van der Waals surface area contributed by atoms with Crippen LogP contribution in [0.2, 0.25) is 5.02 Å². The molecule has 2 atom stereocenters. The van der Waals surface area contributed by atoms with Gasteiger partial charge in [-0.25, -0.2) is 9.18 Å². The van der Waals surface area contributed by atoms with Gasteiger partial charge in [0.25, 0.3) is 0 Å². The quantitative estimate of drug-likeness (QED) is 0.678. The van der Waals surface area contributed by atoms with Gasteiger partial charge in [0.05, 0.1) is 17.2 Å². The first-order valence-corrected chi connectivity index (χ1v) is 10.3. The third-order valence-corrected chi connectivity index (χ3v) is 6.24. The second kappa shape index (κ2) is 8.21. The number of benzene rings is 1. The van der Waals surface area contributed by atoms with Crippen LogP contribution in [0.1, 0.15) is 48.2 Å². The number of halogens is 2. The molecule has 150 valence electrons. The van der Waals surface area contributed by atoms with Gasteiger partial charge in [0, 0.05) is 12.0 Å². The summed E-state index contributed by atoms with van der Waals surface area (Å²) in [5.74, 6) is -0.470. The van der Waals surface area contributed by atoms with Gasteiger partial charge < -0.3 is 9.26 Å². The molecule has 7 heteroatoms. The summed E-state index contributed by atoms with van der Waals surface area (Å²) in [6.45, 7) is 4.24. The van der Waals surface area contributed by atoms with E-state index in [9.17, 15) is 9.18 Å². The molecule has 2 saturated heterocycles. The van der Waals surface area contributed by atoms with Crippen LogP contribution in [0.5, 0.6) is 0 Å². The van der Waals surface area contributed by atoms with Crippen molar-refractivity contribution in [2.45, 2.75) is 45.1 Å². The minimum atomic E-state index is -0.556. The van der Waals surface area contributed by atoms with Crippen LogP contribution in [0.4, 0.5) is 4.39 Å². The third-order valence-electron chi connectivity index (χ3n) is 5.92. The number of aryl methyl sites for hydroxylation is 1. The number of carbonyl (C=O) groups excluding carboxylic acids is 1. The van der Waals surface area contributed by atoms with Gasteiger partial charge in [-0.1, -0.05) is 29.2 Å². The molecule has 2 aliphatic heterocycles. The average Bonchev–Trinajstić information content (AvgIpc) is 3.07. The minimum Gasteiger partial charge on any atom is -0.462 e. The Labute approximate surface area is 168 Å². The van der Waals surface area contributed by atoms with Crippen molar-refractivity contribution in [3.63, 3.8) is 0 Å².